The van der Waals surface area contributed by atoms with Gasteiger partial charge in [-0.25, -0.2) is 15.0 Å². The molecule has 0 saturated heterocycles. The summed E-state index contributed by atoms with van der Waals surface area (Å²) in [4.78, 5) is 31.1. The number of imidazole rings is 1. The van der Waals surface area contributed by atoms with Crippen LogP contribution in [-0.2, 0) is 37.0 Å². The van der Waals surface area contributed by atoms with E-state index in [1.807, 2.05) is 17.3 Å². The van der Waals surface area contributed by atoms with E-state index < -0.39 is 0 Å². The van der Waals surface area contributed by atoms with E-state index in [2.05, 4.69) is 44.5 Å². The molecule has 3 heterocycles. The first kappa shape index (κ1) is 19.7. The zero-order valence-corrected chi connectivity index (χ0v) is 17.7. The Labute approximate surface area is 182 Å². The lowest BCUT2D eigenvalue weighted by Crippen LogP contribution is -2.36. The van der Waals surface area contributed by atoms with Crippen molar-refractivity contribution in [3.8, 4) is 0 Å². The van der Waals surface area contributed by atoms with Crippen molar-refractivity contribution in [3.63, 3.8) is 0 Å². The van der Waals surface area contributed by atoms with Crippen LogP contribution in [0.1, 0.15) is 47.3 Å². The highest BCUT2D eigenvalue weighted by Gasteiger charge is 2.24. The Bertz CT molecular complexity index is 1020. The number of rotatable bonds is 7. The topological polar surface area (TPSA) is 86.8 Å². The number of hydrogen-bond donors (Lipinski definition) is 2. The third kappa shape index (κ3) is 4.60. The van der Waals surface area contributed by atoms with Crippen LogP contribution in [0.25, 0.3) is 0 Å². The first-order valence-electron chi connectivity index (χ1n) is 11.2. The standard InChI is InChI=1S/C24H28N6O/c31-23(8-4-3-7-20-14-25-16-27-20)30-10-9-22-19(15-30)13-26-24(29-22)28-21-11-17-5-1-2-6-18(17)12-21/h1-2,5-6,13-14,16,21H,3-4,7-12,15H2,(H,25,27)(H,26,28,29). The van der Waals surface area contributed by atoms with Crippen molar-refractivity contribution in [2.75, 3.05) is 11.9 Å². The number of amides is 1. The molecular weight excluding hydrogens is 388 g/mol. The number of hydrogen-bond acceptors (Lipinski definition) is 5. The van der Waals surface area contributed by atoms with Gasteiger partial charge in [0.15, 0.2) is 0 Å². The summed E-state index contributed by atoms with van der Waals surface area (Å²) in [7, 11) is 0. The van der Waals surface area contributed by atoms with E-state index in [-0.39, 0.29) is 5.91 Å². The minimum absolute atomic E-state index is 0.221. The maximum absolute atomic E-state index is 12.6. The van der Waals surface area contributed by atoms with Gasteiger partial charge in [0.2, 0.25) is 11.9 Å². The van der Waals surface area contributed by atoms with Gasteiger partial charge in [0.25, 0.3) is 0 Å². The highest BCUT2D eigenvalue weighted by molar-refractivity contribution is 5.76. The Kier molecular flexibility index (Phi) is 5.65. The second-order valence-electron chi connectivity index (χ2n) is 8.52. The van der Waals surface area contributed by atoms with E-state index in [1.54, 1.807) is 6.33 Å². The van der Waals surface area contributed by atoms with Crippen LogP contribution in [-0.4, -0.2) is 43.3 Å². The second kappa shape index (κ2) is 8.88. The number of nitrogens with one attached hydrogen (secondary N) is 2. The van der Waals surface area contributed by atoms with E-state index in [4.69, 9.17) is 4.98 Å². The summed E-state index contributed by atoms with van der Waals surface area (Å²) in [5.74, 6) is 0.924. The minimum Gasteiger partial charge on any atom is -0.351 e. The van der Waals surface area contributed by atoms with Gasteiger partial charge in [-0.15, -0.1) is 0 Å². The number of aromatic nitrogens is 4. The van der Waals surface area contributed by atoms with Gasteiger partial charge in [-0.2, -0.15) is 0 Å². The van der Waals surface area contributed by atoms with Crippen LogP contribution >= 0.6 is 0 Å². The number of nitrogens with zero attached hydrogens (tertiary/aromatic N) is 4. The van der Waals surface area contributed by atoms with Gasteiger partial charge in [-0.1, -0.05) is 24.3 Å². The number of carbonyl (C=O) groups excluding carboxylic acids is 1. The summed E-state index contributed by atoms with van der Waals surface area (Å²) in [5.41, 5.74) is 6.02. The van der Waals surface area contributed by atoms with Crippen molar-refractivity contribution < 1.29 is 4.79 Å². The molecule has 2 aliphatic rings. The van der Waals surface area contributed by atoms with E-state index in [0.29, 0.717) is 25.0 Å². The van der Waals surface area contributed by atoms with Crippen LogP contribution in [0.3, 0.4) is 0 Å². The second-order valence-corrected chi connectivity index (χ2v) is 8.52. The zero-order valence-electron chi connectivity index (χ0n) is 17.7. The largest absolute Gasteiger partial charge is 0.351 e. The van der Waals surface area contributed by atoms with Gasteiger partial charge >= 0.3 is 0 Å². The van der Waals surface area contributed by atoms with E-state index in [9.17, 15) is 4.79 Å². The lowest BCUT2D eigenvalue weighted by Gasteiger charge is -2.28. The van der Waals surface area contributed by atoms with Gasteiger partial charge in [-0.3, -0.25) is 4.79 Å². The molecule has 1 aliphatic carbocycles. The molecule has 1 amide bonds. The highest BCUT2D eigenvalue weighted by atomic mass is 16.2. The zero-order chi connectivity index (χ0) is 21.0. The molecule has 31 heavy (non-hydrogen) atoms. The van der Waals surface area contributed by atoms with Gasteiger partial charge in [0, 0.05) is 49.9 Å². The molecule has 2 aromatic heterocycles. The van der Waals surface area contributed by atoms with E-state index in [0.717, 1.165) is 62.0 Å². The molecule has 160 valence electrons. The number of benzene rings is 1. The van der Waals surface area contributed by atoms with Crippen molar-refractivity contribution in [1.82, 2.24) is 24.8 Å². The molecule has 0 saturated carbocycles. The summed E-state index contributed by atoms with van der Waals surface area (Å²) >= 11 is 0. The SMILES string of the molecule is O=C(CCCCc1c[nH]cn1)N1CCc2nc(NC3Cc4ccccc4C3)ncc2C1. The monoisotopic (exact) mass is 416 g/mol. The summed E-state index contributed by atoms with van der Waals surface area (Å²) in [6.45, 7) is 1.35. The van der Waals surface area contributed by atoms with Crippen molar-refractivity contribution in [1.29, 1.82) is 0 Å². The van der Waals surface area contributed by atoms with Crippen molar-refractivity contribution in [2.24, 2.45) is 0 Å². The maximum atomic E-state index is 12.6. The molecular formula is C24H28N6O. The third-order valence-corrected chi connectivity index (χ3v) is 6.30. The fraction of sp³-hybridized carbons (Fsp3) is 0.417. The molecule has 1 aromatic carbocycles. The van der Waals surface area contributed by atoms with Crippen LogP contribution in [0.5, 0.6) is 0 Å². The molecule has 5 rings (SSSR count). The Morgan fingerprint density at radius 2 is 1.97 bits per heavy atom. The predicted molar refractivity (Wildman–Crippen MR) is 119 cm³/mol. The van der Waals surface area contributed by atoms with Crippen LogP contribution in [0.2, 0.25) is 0 Å². The predicted octanol–water partition coefficient (Wildman–Crippen LogP) is 3.08. The van der Waals surface area contributed by atoms with E-state index in [1.165, 1.54) is 11.1 Å². The third-order valence-electron chi connectivity index (χ3n) is 6.30. The molecule has 0 unspecified atom stereocenters. The summed E-state index contributed by atoms with van der Waals surface area (Å²) < 4.78 is 0. The molecule has 0 bridgehead atoms. The molecule has 7 nitrogen and oxygen atoms in total. The fourth-order valence-corrected chi connectivity index (χ4v) is 4.61. The molecule has 0 radical (unpaired) electrons. The Morgan fingerprint density at radius 1 is 1.13 bits per heavy atom. The normalized spacial score (nSPS) is 15.5. The lowest BCUT2D eigenvalue weighted by molar-refractivity contribution is -0.132. The Balaban J connectivity index is 1.12. The van der Waals surface area contributed by atoms with Crippen LogP contribution in [0.4, 0.5) is 5.95 Å². The van der Waals surface area contributed by atoms with Crippen molar-refractivity contribution >= 4 is 11.9 Å². The average Bonchev–Trinajstić information content (AvgIpc) is 3.45. The van der Waals surface area contributed by atoms with Crippen LogP contribution < -0.4 is 5.32 Å². The Hall–Kier alpha value is -3.22. The Morgan fingerprint density at radius 3 is 2.74 bits per heavy atom. The number of aryl methyl sites for hydroxylation is 1. The quantitative estimate of drug-likeness (QED) is 0.578. The highest BCUT2D eigenvalue weighted by Crippen LogP contribution is 2.24. The average molecular weight is 417 g/mol. The first-order valence-corrected chi connectivity index (χ1v) is 11.2. The number of H-pyrrole nitrogens is 1. The van der Waals surface area contributed by atoms with Crippen molar-refractivity contribution in [3.05, 3.63) is 71.1 Å². The van der Waals surface area contributed by atoms with Crippen LogP contribution in [0, 0.1) is 0 Å². The lowest BCUT2D eigenvalue weighted by atomic mass is 10.1. The summed E-state index contributed by atoms with van der Waals surface area (Å²) in [6.07, 6.45) is 11.7. The van der Waals surface area contributed by atoms with Gasteiger partial charge in [-0.05, 0) is 43.2 Å². The molecule has 0 spiro atoms. The summed E-state index contributed by atoms with van der Waals surface area (Å²) in [5, 5.41) is 3.51. The van der Waals surface area contributed by atoms with E-state index >= 15 is 0 Å². The first-order chi connectivity index (χ1) is 15.2. The van der Waals surface area contributed by atoms with Gasteiger partial charge < -0.3 is 15.2 Å². The number of aromatic amines is 1. The maximum Gasteiger partial charge on any atom is 0.223 e. The summed E-state index contributed by atoms with van der Waals surface area (Å²) in [6, 6.07) is 8.95. The number of fused-ring (bicyclic) bond motifs is 2. The van der Waals surface area contributed by atoms with Gasteiger partial charge in [0.05, 0.1) is 17.7 Å². The van der Waals surface area contributed by atoms with Crippen molar-refractivity contribution in [2.45, 2.75) is 57.5 Å². The number of carbonyl (C=O) groups is 1. The number of anilines is 1. The number of unbranched alkanes of at least 4 members (excludes halogenated alkanes) is 1. The molecule has 2 N–H and O–H groups in total. The molecule has 0 atom stereocenters. The molecule has 0 fully saturated rings. The fourth-order valence-electron chi connectivity index (χ4n) is 4.61. The smallest absolute Gasteiger partial charge is 0.223 e. The molecule has 1 aliphatic heterocycles. The molecule has 7 heteroatoms. The van der Waals surface area contributed by atoms with Gasteiger partial charge in [0.1, 0.15) is 0 Å². The molecule has 3 aromatic rings. The van der Waals surface area contributed by atoms with Crippen LogP contribution in [0.15, 0.2) is 43.0 Å². The minimum atomic E-state index is 0.221.